The third-order valence-electron chi connectivity index (χ3n) is 3.07. The van der Waals surface area contributed by atoms with Crippen LogP contribution < -0.4 is 5.32 Å². The van der Waals surface area contributed by atoms with Crippen LogP contribution in [0.5, 0.6) is 0 Å². The van der Waals surface area contributed by atoms with Crippen molar-refractivity contribution in [2.45, 2.75) is 46.1 Å². The Kier molecular flexibility index (Phi) is 7.06. The number of halogens is 2. The number of benzene rings is 1. The van der Waals surface area contributed by atoms with E-state index < -0.39 is 0 Å². The molecule has 1 N–H and O–H groups in total. The Bertz CT molecular complexity index is 364. The van der Waals surface area contributed by atoms with Crippen molar-refractivity contribution < 1.29 is 0 Å². The van der Waals surface area contributed by atoms with E-state index in [4.69, 9.17) is 23.2 Å². The fourth-order valence-electron chi connectivity index (χ4n) is 2.05. The number of likely N-dealkylation sites (N-methyl/N-ethyl adjacent to an activating group) is 1. The number of hydrogen-bond acceptors (Lipinski definition) is 1. The van der Waals surface area contributed by atoms with Gasteiger partial charge in [0.15, 0.2) is 0 Å². The fourth-order valence-corrected chi connectivity index (χ4v) is 2.54. The summed E-state index contributed by atoms with van der Waals surface area (Å²) in [7, 11) is 0. The smallest absolute Gasteiger partial charge is 0.0453 e. The quantitative estimate of drug-likeness (QED) is 0.748. The lowest BCUT2D eigenvalue weighted by atomic mass is 9.98. The lowest BCUT2D eigenvalue weighted by molar-refractivity contribution is 0.435. The first-order valence-corrected chi connectivity index (χ1v) is 7.45. The molecular weight excluding hydrogens is 265 g/mol. The van der Waals surface area contributed by atoms with Crippen molar-refractivity contribution in [2.75, 3.05) is 6.54 Å². The summed E-state index contributed by atoms with van der Waals surface area (Å²) in [5.41, 5.74) is 1.18. The number of nitrogens with one attached hydrogen (secondary N) is 1. The predicted octanol–water partition coefficient (Wildman–Crippen LogP) is 4.95. The van der Waals surface area contributed by atoms with E-state index >= 15 is 0 Å². The molecule has 0 aliphatic heterocycles. The average molecular weight is 288 g/mol. The van der Waals surface area contributed by atoms with Gasteiger partial charge >= 0.3 is 0 Å². The second-order valence-electron chi connectivity index (χ2n) is 5.17. The minimum absolute atomic E-state index is 0.496. The zero-order chi connectivity index (χ0) is 13.5. The number of rotatable bonds is 7. The Labute approximate surface area is 121 Å². The van der Waals surface area contributed by atoms with Gasteiger partial charge < -0.3 is 5.32 Å². The van der Waals surface area contributed by atoms with E-state index in [0.29, 0.717) is 11.1 Å². The molecule has 3 heteroatoms. The molecule has 0 amide bonds. The van der Waals surface area contributed by atoms with Crippen LogP contribution in [0.4, 0.5) is 0 Å². The molecule has 1 rings (SSSR count). The summed E-state index contributed by atoms with van der Waals surface area (Å²) in [4.78, 5) is 0. The SMILES string of the molecule is CCNC(CCC(C)C)Cc1ccc(Cl)cc1Cl. The largest absolute Gasteiger partial charge is 0.314 e. The second-order valence-corrected chi connectivity index (χ2v) is 6.01. The molecule has 0 saturated heterocycles. The molecule has 1 atom stereocenters. The monoisotopic (exact) mass is 287 g/mol. The molecule has 1 nitrogen and oxygen atoms in total. The van der Waals surface area contributed by atoms with Crippen LogP contribution in [0.25, 0.3) is 0 Å². The van der Waals surface area contributed by atoms with Crippen molar-refractivity contribution in [3.05, 3.63) is 33.8 Å². The molecule has 1 aromatic carbocycles. The first kappa shape index (κ1) is 15.8. The fraction of sp³-hybridized carbons (Fsp3) is 0.600. The molecule has 1 unspecified atom stereocenters. The highest BCUT2D eigenvalue weighted by Gasteiger charge is 2.11. The van der Waals surface area contributed by atoms with Gasteiger partial charge in [-0.25, -0.2) is 0 Å². The highest BCUT2D eigenvalue weighted by Crippen LogP contribution is 2.23. The van der Waals surface area contributed by atoms with Gasteiger partial charge in [0.05, 0.1) is 0 Å². The van der Waals surface area contributed by atoms with Crippen molar-refractivity contribution in [3.63, 3.8) is 0 Å². The van der Waals surface area contributed by atoms with Crippen LogP contribution in [-0.4, -0.2) is 12.6 Å². The molecule has 0 aromatic heterocycles. The van der Waals surface area contributed by atoms with Gasteiger partial charge in [-0.2, -0.15) is 0 Å². The van der Waals surface area contributed by atoms with E-state index in [2.05, 4.69) is 26.1 Å². The molecule has 0 radical (unpaired) electrons. The second kappa shape index (κ2) is 8.04. The van der Waals surface area contributed by atoms with Crippen LogP contribution in [0.2, 0.25) is 10.0 Å². The van der Waals surface area contributed by atoms with Crippen LogP contribution in [0.3, 0.4) is 0 Å². The van der Waals surface area contributed by atoms with Crippen LogP contribution >= 0.6 is 23.2 Å². The van der Waals surface area contributed by atoms with E-state index in [1.54, 1.807) is 0 Å². The van der Waals surface area contributed by atoms with Crippen LogP contribution in [0, 0.1) is 5.92 Å². The highest BCUT2D eigenvalue weighted by atomic mass is 35.5. The van der Waals surface area contributed by atoms with Gasteiger partial charge in [-0.05, 0) is 49.4 Å². The normalized spacial score (nSPS) is 13.0. The van der Waals surface area contributed by atoms with Crippen molar-refractivity contribution in [1.82, 2.24) is 5.32 Å². The van der Waals surface area contributed by atoms with Gasteiger partial charge in [-0.15, -0.1) is 0 Å². The Hall–Kier alpha value is -0.240. The Morgan fingerprint density at radius 3 is 2.44 bits per heavy atom. The summed E-state index contributed by atoms with van der Waals surface area (Å²) in [6.45, 7) is 7.66. The lowest BCUT2D eigenvalue weighted by Crippen LogP contribution is -2.31. The molecule has 0 aliphatic carbocycles. The Morgan fingerprint density at radius 2 is 1.89 bits per heavy atom. The van der Waals surface area contributed by atoms with Crippen LogP contribution in [-0.2, 0) is 6.42 Å². The van der Waals surface area contributed by atoms with Gasteiger partial charge in [0.25, 0.3) is 0 Å². The summed E-state index contributed by atoms with van der Waals surface area (Å²) in [5, 5.41) is 5.01. The molecular formula is C15H23Cl2N. The first-order valence-electron chi connectivity index (χ1n) is 6.70. The summed E-state index contributed by atoms with van der Waals surface area (Å²) in [5.74, 6) is 0.742. The summed E-state index contributed by atoms with van der Waals surface area (Å²) >= 11 is 12.1. The lowest BCUT2D eigenvalue weighted by Gasteiger charge is -2.19. The van der Waals surface area contributed by atoms with E-state index in [0.717, 1.165) is 23.9 Å². The van der Waals surface area contributed by atoms with Crippen molar-refractivity contribution in [1.29, 1.82) is 0 Å². The minimum Gasteiger partial charge on any atom is -0.314 e. The molecule has 0 spiro atoms. The van der Waals surface area contributed by atoms with Gasteiger partial charge in [-0.1, -0.05) is 50.0 Å². The van der Waals surface area contributed by atoms with Crippen molar-refractivity contribution in [2.24, 2.45) is 5.92 Å². The van der Waals surface area contributed by atoms with Crippen LogP contribution in [0.15, 0.2) is 18.2 Å². The van der Waals surface area contributed by atoms with Gasteiger partial charge in [0, 0.05) is 16.1 Å². The van der Waals surface area contributed by atoms with Gasteiger partial charge in [0.2, 0.25) is 0 Å². The Balaban J connectivity index is 2.64. The molecule has 0 saturated carbocycles. The summed E-state index contributed by atoms with van der Waals surface area (Å²) < 4.78 is 0. The zero-order valence-corrected chi connectivity index (χ0v) is 13.0. The molecule has 0 aliphatic rings. The van der Waals surface area contributed by atoms with Gasteiger partial charge in [-0.3, -0.25) is 0 Å². The third kappa shape index (κ3) is 5.60. The molecule has 0 bridgehead atoms. The van der Waals surface area contributed by atoms with Crippen molar-refractivity contribution in [3.8, 4) is 0 Å². The zero-order valence-electron chi connectivity index (χ0n) is 11.5. The predicted molar refractivity (Wildman–Crippen MR) is 81.7 cm³/mol. The maximum Gasteiger partial charge on any atom is 0.0453 e. The third-order valence-corrected chi connectivity index (χ3v) is 3.65. The maximum atomic E-state index is 6.22. The molecule has 18 heavy (non-hydrogen) atoms. The molecule has 102 valence electrons. The summed E-state index contributed by atoms with van der Waals surface area (Å²) in [6.07, 6.45) is 3.39. The molecule has 0 fully saturated rings. The van der Waals surface area contributed by atoms with E-state index in [9.17, 15) is 0 Å². The Morgan fingerprint density at radius 1 is 1.17 bits per heavy atom. The topological polar surface area (TPSA) is 12.0 Å². The maximum absolute atomic E-state index is 6.22. The minimum atomic E-state index is 0.496. The standard InChI is InChI=1S/C15H23Cl2N/c1-4-18-14(8-5-11(2)3)9-12-6-7-13(16)10-15(12)17/h6-7,10-11,14,18H,4-5,8-9H2,1-3H3. The van der Waals surface area contributed by atoms with E-state index in [-0.39, 0.29) is 0 Å². The first-order chi connectivity index (χ1) is 8.52. The molecule has 0 heterocycles. The van der Waals surface area contributed by atoms with E-state index in [1.165, 1.54) is 18.4 Å². The molecule has 1 aromatic rings. The van der Waals surface area contributed by atoms with E-state index in [1.807, 2.05) is 18.2 Å². The average Bonchev–Trinajstić information content (AvgIpc) is 2.29. The summed E-state index contributed by atoms with van der Waals surface area (Å²) in [6, 6.07) is 6.26. The highest BCUT2D eigenvalue weighted by molar-refractivity contribution is 6.35. The van der Waals surface area contributed by atoms with Gasteiger partial charge in [0.1, 0.15) is 0 Å². The van der Waals surface area contributed by atoms with Crippen LogP contribution in [0.1, 0.15) is 39.2 Å². The number of hydrogen-bond donors (Lipinski definition) is 1. The van der Waals surface area contributed by atoms with Crippen molar-refractivity contribution >= 4 is 23.2 Å².